The number of anilines is 5. The van der Waals surface area contributed by atoms with Crippen LogP contribution in [0.3, 0.4) is 0 Å². The van der Waals surface area contributed by atoms with Crippen LogP contribution in [0.2, 0.25) is 0 Å². The van der Waals surface area contributed by atoms with Crippen molar-refractivity contribution in [2.24, 2.45) is 0 Å². The average molecular weight is 1020 g/mol. The van der Waals surface area contributed by atoms with Crippen molar-refractivity contribution >= 4 is 79.3 Å². The van der Waals surface area contributed by atoms with Crippen LogP contribution < -0.4 is 20.8 Å². The minimum absolute atomic E-state index is 0.00274. The molecular weight excluding hydrogens is 948 g/mol. The van der Waals surface area contributed by atoms with Gasteiger partial charge in [-0.25, -0.2) is 0 Å². The van der Waals surface area contributed by atoms with Crippen molar-refractivity contribution in [1.29, 1.82) is 0 Å². The van der Waals surface area contributed by atoms with Gasteiger partial charge in [0.25, 0.3) is 0 Å². The number of nitrogens with zero attached hydrogens (tertiary/aromatic N) is 2. The Morgan fingerprint density at radius 1 is 0.436 bits per heavy atom. The molecule has 0 saturated carbocycles. The molecule has 0 N–H and O–H groups in total. The molecule has 5 heteroatoms. The molecule has 78 heavy (non-hydrogen) atoms. The molecule has 0 saturated heterocycles. The zero-order valence-electron chi connectivity index (χ0n) is 48.0. The van der Waals surface area contributed by atoms with Gasteiger partial charge in [0.1, 0.15) is 16.8 Å². The highest BCUT2D eigenvalue weighted by molar-refractivity contribution is 6.93. The zero-order valence-corrected chi connectivity index (χ0v) is 48.0. The van der Waals surface area contributed by atoms with Gasteiger partial charge in [-0.05, 0) is 192 Å². The Balaban J connectivity index is 1.09. The van der Waals surface area contributed by atoms with Gasteiger partial charge in [-0.3, -0.25) is 0 Å². The zero-order chi connectivity index (χ0) is 54.0. The minimum atomic E-state index is -0.355. The topological polar surface area (TPSA) is 32.8 Å². The van der Waals surface area contributed by atoms with Gasteiger partial charge in [-0.1, -0.05) is 169 Å². The molecule has 15 rings (SSSR count). The van der Waals surface area contributed by atoms with Crippen molar-refractivity contribution in [1.82, 2.24) is 0 Å². The summed E-state index contributed by atoms with van der Waals surface area (Å²) >= 11 is 0. The maximum absolute atomic E-state index is 7.79. The summed E-state index contributed by atoms with van der Waals surface area (Å²) in [6, 6.07) is 56.0. The van der Waals surface area contributed by atoms with E-state index in [0.717, 1.165) is 74.2 Å². The molecule has 10 aromatic rings. The third kappa shape index (κ3) is 6.54. The number of hydrogen-bond donors (Lipinski definition) is 0. The standard InChI is InChI=1S/C73H71BN2O2/c1-68(2,3)44-25-29-45(30-26-44)75-64-53-38-57-59(72(10,11)34-32-70(57,6)7)41-62(53)78-67(64)74-63-51(36-52-47-21-17-18-22-61(47)77-66(52)65(63)75)50-35-48-49-37-56-58(71(8,9)33-31-69(56,4)5)39-54(49)73(12,13)55(48)40-60(50)76(74)46-27-23-43(24-28-46)42-19-15-14-16-20-42/h14-30,35-41H,31-34H2,1-13H3. The summed E-state index contributed by atoms with van der Waals surface area (Å²) in [4.78, 5) is 5.20. The fourth-order valence-electron chi connectivity index (χ4n) is 15.1. The monoisotopic (exact) mass is 1020 g/mol. The molecule has 4 nitrogen and oxygen atoms in total. The van der Waals surface area contributed by atoms with E-state index in [-0.39, 0.29) is 39.3 Å². The summed E-state index contributed by atoms with van der Waals surface area (Å²) in [6.45, 7) is 31.1. The van der Waals surface area contributed by atoms with Crippen LogP contribution in [0.15, 0.2) is 154 Å². The van der Waals surface area contributed by atoms with Crippen molar-refractivity contribution in [2.45, 2.75) is 148 Å². The number of benzene rings is 8. The molecular formula is C73H71BN2O2. The summed E-state index contributed by atoms with van der Waals surface area (Å²) in [5.41, 5.74) is 27.8. The van der Waals surface area contributed by atoms with E-state index in [1.165, 1.54) is 96.3 Å². The van der Waals surface area contributed by atoms with Gasteiger partial charge in [0, 0.05) is 44.2 Å². The van der Waals surface area contributed by atoms with E-state index in [9.17, 15) is 0 Å². The molecule has 5 aliphatic rings. The molecule has 8 aromatic carbocycles. The summed E-state index contributed by atoms with van der Waals surface area (Å²) in [5, 5.41) is 3.38. The molecule has 0 atom stereocenters. The Morgan fingerprint density at radius 2 is 1.00 bits per heavy atom. The molecule has 0 unspecified atom stereocenters. The predicted octanol–water partition coefficient (Wildman–Crippen LogP) is 19.0. The molecule has 388 valence electrons. The highest BCUT2D eigenvalue weighted by atomic mass is 16.3. The van der Waals surface area contributed by atoms with Crippen molar-refractivity contribution < 1.29 is 8.83 Å². The quantitative estimate of drug-likeness (QED) is 0.165. The smallest absolute Gasteiger partial charge is 0.376 e. The van der Waals surface area contributed by atoms with Crippen molar-refractivity contribution in [3.63, 3.8) is 0 Å². The fourth-order valence-corrected chi connectivity index (χ4v) is 15.1. The Kier molecular flexibility index (Phi) is 9.54. The fraction of sp³-hybridized carbons (Fsp3) is 0.315. The van der Waals surface area contributed by atoms with Gasteiger partial charge >= 0.3 is 6.85 Å². The van der Waals surface area contributed by atoms with E-state index < -0.39 is 0 Å². The van der Waals surface area contributed by atoms with Crippen molar-refractivity contribution in [2.75, 3.05) is 9.71 Å². The molecule has 0 spiro atoms. The highest BCUT2D eigenvalue weighted by Crippen LogP contribution is 2.60. The first-order valence-electron chi connectivity index (χ1n) is 28.9. The normalized spacial score (nSPS) is 18.6. The first kappa shape index (κ1) is 47.9. The van der Waals surface area contributed by atoms with Crippen LogP contribution in [0.4, 0.5) is 28.4 Å². The van der Waals surface area contributed by atoms with Crippen LogP contribution in [0, 0.1) is 0 Å². The number of rotatable bonds is 3. The maximum Gasteiger partial charge on any atom is 0.376 e. The molecule has 0 fully saturated rings. The Labute approximate surface area is 461 Å². The first-order valence-corrected chi connectivity index (χ1v) is 28.9. The summed E-state index contributed by atoms with van der Waals surface area (Å²) in [5.74, 6) is 0. The SMILES string of the molecule is CC(C)(C)c1ccc(N2c3c(oc4cc5c(cc34)C(C)(C)CCC5(C)C)B3c4c(cc5c(oc6ccccc65)c42)-c2cc4c(cc2N3c2ccc(-c3ccccc3)cc2)C(C)(C)c2cc3c(cc2-4)C(C)(C)CCC3(C)C)cc1. The Bertz CT molecular complexity index is 4210. The van der Waals surface area contributed by atoms with Crippen LogP contribution in [0.5, 0.6) is 0 Å². The molecule has 0 radical (unpaired) electrons. The second-order valence-electron chi connectivity index (χ2n) is 28.2. The Morgan fingerprint density at radius 3 is 1.67 bits per heavy atom. The summed E-state index contributed by atoms with van der Waals surface area (Å²) in [6.07, 6.45) is 4.60. The number of hydrogen-bond acceptors (Lipinski definition) is 4. The summed E-state index contributed by atoms with van der Waals surface area (Å²) in [7, 11) is 0. The third-order valence-corrected chi connectivity index (χ3v) is 20.1. The highest BCUT2D eigenvalue weighted by Gasteiger charge is 2.52. The van der Waals surface area contributed by atoms with E-state index >= 15 is 0 Å². The number of fused-ring (bicyclic) bond motifs is 15. The van der Waals surface area contributed by atoms with Gasteiger partial charge < -0.3 is 18.5 Å². The predicted molar refractivity (Wildman–Crippen MR) is 329 cm³/mol. The van der Waals surface area contributed by atoms with Gasteiger partial charge in [-0.15, -0.1) is 0 Å². The molecule has 0 bridgehead atoms. The first-order chi connectivity index (χ1) is 37.0. The number of furan rings is 2. The second-order valence-corrected chi connectivity index (χ2v) is 28.2. The van der Waals surface area contributed by atoms with E-state index in [0.29, 0.717) is 0 Å². The largest absolute Gasteiger partial charge is 0.466 e. The van der Waals surface area contributed by atoms with Crippen LogP contribution in [0.1, 0.15) is 155 Å². The van der Waals surface area contributed by atoms with E-state index in [1.54, 1.807) is 0 Å². The van der Waals surface area contributed by atoms with Crippen LogP contribution >= 0.6 is 0 Å². The Hall–Kier alpha value is -7.24. The molecule has 3 aliphatic carbocycles. The molecule has 2 aromatic heterocycles. The maximum atomic E-state index is 7.79. The molecule has 0 amide bonds. The van der Waals surface area contributed by atoms with E-state index in [2.05, 4.69) is 245 Å². The van der Waals surface area contributed by atoms with Crippen molar-refractivity contribution in [3.8, 4) is 33.4 Å². The molecule has 4 heterocycles. The third-order valence-electron chi connectivity index (χ3n) is 20.1. The van der Waals surface area contributed by atoms with Gasteiger partial charge in [0.15, 0.2) is 5.58 Å². The molecule has 2 aliphatic heterocycles. The summed E-state index contributed by atoms with van der Waals surface area (Å²) < 4.78 is 15.1. The van der Waals surface area contributed by atoms with Gasteiger partial charge in [-0.2, -0.15) is 0 Å². The second kappa shape index (κ2) is 15.5. The van der Waals surface area contributed by atoms with Crippen LogP contribution in [-0.2, 0) is 32.5 Å². The lowest BCUT2D eigenvalue weighted by atomic mass is 9.45. The lowest BCUT2D eigenvalue weighted by molar-refractivity contribution is 0.331. The van der Waals surface area contributed by atoms with Gasteiger partial charge in [0.2, 0.25) is 0 Å². The van der Waals surface area contributed by atoms with Crippen LogP contribution in [-0.4, -0.2) is 6.85 Å². The lowest BCUT2D eigenvalue weighted by Crippen LogP contribution is -2.61. The van der Waals surface area contributed by atoms with Crippen molar-refractivity contribution in [3.05, 3.63) is 185 Å². The average Bonchev–Trinajstić information content (AvgIpc) is 2.81. The number of para-hydroxylation sites is 1. The van der Waals surface area contributed by atoms with E-state index in [4.69, 9.17) is 8.83 Å². The lowest BCUT2D eigenvalue weighted by Gasteiger charge is -2.44. The van der Waals surface area contributed by atoms with Crippen LogP contribution in [0.25, 0.3) is 66.3 Å². The van der Waals surface area contributed by atoms with Gasteiger partial charge in [0.05, 0.1) is 11.4 Å². The van der Waals surface area contributed by atoms with E-state index in [1.807, 2.05) is 0 Å². The minimum Gasteiger partial charge on any atom is -0.466 e.